The monoisotopic (exact) mass is 249 g/mol. The van der Waals surface area contributed by atoms with Crippen molar-refractivity contribution in [3.63, 3.8) is 0 Å². The van der Waals surface area contributed by atoms with Gasteiger partial charge in [0.2, 0.25) is 11.8 Å². The number of aromatic nitrogens is 2. The highest BCUT2D eigenvalue weighted by molar-refractivity contribution is 5.27. The normalized spacial score (nSPS) is 23.3. The molecule has 0 saturated heterocycles. The first kappa shape index (κ1) is 13.1. The lowest BCUT2D eigenvalue weighted by Crippen LogP contribution is -2.14. The van der Waals surface area contributed by atoms with E-state index >= 15 is 0 Å². The first-order chi connectivity index (χ1) is 8.63. The van der Waals surface area contributed by atoms with Crippen molar-refractivity contribution < 1.29 is 4.74 Å². The van der Waals surface area contributed by atoms with Crippen LogP contribution < -0.4 is 10.1 Å². The van der Waals surface area contributed by atoms with Crippen LogP contribution >= 0.6 is 0 Å². The molecule has 1 fully saturated rings. The van der Waals surface area contributed by atoms with Crippen molar-refractivity contribution in [3.8, 4) is 5.88 Å². The van der Waals surface area contributed by atoms with Gasteiger partial charge in [-0.05, 0) is 38.5 Å². The third-order valence-electron chi connectivity index (χ3n) is 3.34. The van der Waals surface area contributed by atoms with Crippen LogP contribution in [0.4, 0.5) is 5.95 Å². The molecule has 0 spiro atoms. The molecule has 1 heterocycles. The van der Waals surface area contributed by atoms with Crippen molar-refractivity contribution in [1.82, 2.24) is 9.97 Å². The van der Waals surface area contributed by atoms with Crippen LogP contribution in [0.2, 0.25) is 0 Å². The molecule has 100 valence electrons. The fourth-order valence-corrected chi connectivity index (χ4v) is 2.48. The zero-order valence-electron chi connectivity index (χ0n) is 11.5. The van der Waals surface area contributed by atoms with Crippen LogP contribution in [-0.4, -0.2) is 22.6 Å². The Morgan fingerprint density at radius 3 is 2.94 bits per heavy atom. The summed E-state index contributed by atoms with van der Waals surface area (Å²) in [6, 6.07) is 1.79. The van der Waals surface area contributed by atoms with E-state index in [0.717, 1.165) is 18.4 Å². The Labute approximate surface area is 109 Å². The molecule has 1 aromatic heterocycles. The van der Waals surface area contributed by atoms with E-state index in [1.807, 2.05) is 13.8 Å². The highest BCUT2D eigenvalue weighted by Gasteiger charge is 2.21. The van der Waals surface area contributed by atoms with Gasteiger partial charge in [0.25, 0.3) is 0 Å². The Bertz CT molecular complexity index is 381. The number of nitrogens with zero attached hydrogens (tertiary/aromatic N) is 2. The summed E-state index contributed by atoms with van der Waals surface area (Å²) in [7, 11) is 0. The average molecular weight is 249 g/mol. The molecule has 1 aliphatic rings. The van der Waals surface area contributed by atoms with Crippen LogP contribution in [0.25, 0.3) is 0 Å². The predicted molar refractivity (Wildman–Crippen MR) is 72.8 cm³/mol. The second-order valence-electron chi connectivity index (χ2n) is 5.55. The molecule has 0 radical (unpaired) electrons. The fourth-order valence-electron chi connectivity index (χ4n) is 2.48. The van der Waals surface area contributed by atoms with E-state index in [4.69, 9.17) is 4.74 Å². The predicted octanol–water partition coefficient (Wildman–Crippen LogP) is 3.11. The lowest BCUT2D eigenvalue weighted by molar-refractivity contribution is 0.232. The number of hydrogen-bond donors (Lipinski definition) is 1. The van der Waals surface area contributed by atoms with Gasteiger partial charge in [-0.25, -0.2) is 4.98 Å². The standard InChI is InChI=1S/C14H23N3O/c1-10(2)18-13-6-7-15-14(17-13)16-9-12-5-4-11(3)8-12/h6-7,10-12H,4-5,8-9H2,1-3H3,(H,15,16,17). The van der Waals surface area contributed by atoms with Gasteiger partial charge in [-0.3, -0.25) is 0 Å². The highest BCUT2D eigenvalue weighted by Crippen LogP contribution is 2.30. The molecular formula is C14H23N3O. The Kier molecular flexibility index (Phi) is 4.39. The smallest absolute Gasteiger partial charge is 0.225 e. The largest absolute Gasteiger partial charge is 0.475 e. The van der Waals surface area contributed by atoms with Gasteiger partial charge in [0.15, 0.2) is 0 Å². The molecule has 2 rings (SSSR count). The van der Waals surface area contributed by atoms with E-state index in [1.54, 1.807) is 12.3 Å². The summed E-state index contributed by atoms with van der Waals surface area (Å²) in [5.74, 6) is 2.95. The van der Waals surface area contributed by atoms with Crippen LogP contribution in [0.3, 0.4) is 0 Å². The molecule has 4 heteroatoms. The first-order valence-electron chi connectivity index (χ1n) is 6.87. The van der Waals surface area contributed by atoms with E-state index in [1.165, 1.54) is 19.3 Å². The Morgan fingerprint density at radius 1 is 1.44 bits per heavy atom. The molecule has 0 amide bonds. The van der Waals surface area contributed by atoms with Crippen molar-refractivity contribution in [1.29, 1.82) is 0 Å². The molecule has 1 aliphatic carbocycles. The maximum atomic E-state index is 5.55. The summed E-state index contributed by atoms with van der Waals surface area (Å²) in [5.41, 5.74) is 0. The van der Waals surface area contributed by atoms with E-state index in [-0.39, 0.29) is 6.10 Å². The number of anilines is 1. The first-order valence-corrected chi connectivity index (χ1v) is 6.87. The van der Waals surface area contributed by atoms with Crippen LogP contribution in [0.5, 0.6) is 5.88 Å². The number of nitrogens with one attached hydrogen (secondary N) is 1. The number of hydrogen-bond acceptors (Lipinski definition) is 4. The molecule has 0 aromatic carbocycles. The van der Waals surface area contributed by atoms with Crippen LogP contribution in [0, 0.1) is 11.8 Å². The lowest BCUT2D eigenvalue weighted by Gasteiger charge is -2.12. The van der Waals surface area contributed by atoms with E-state index in [0.29, 0.717) is 11.8 Å². The van der Waals surface area contributed by atoms with Gasteiger partial charge in [-0.15, -0.1) is 0 Å². The zero-order chi connectivity index (χ0) is 13.0. The van der Waals surface area contributed by atoms with Crippen molar-refractivity contribution >= 4 is 5.95 Å². The Balaban J connectivity index is 1.85. The SMILES string of the molecule is CC1CCC(CNc2nccc(OC(C)C)n2)C1. The minimum Gasteiger partial charge on any atom is -0.475 e. The molecule has 0 bridgehead atoms. The Hall–Kier alpha value is -1.32. The van der Waals surface area contributed by atoms with Crippen LogP contribution in [-0.2, 0) is 0 Å². The van der Waals surface area contributed by atoms with Gasteiger partial charge in [-0.2, -0.15) is 4.98 Å². The topological polar surface area (TPSA) is 47.0 Å². The molecule has 1 N–H and O–H groups in total. The van der Waals surface area contributed by atoms with Crippen molar-refractivity contribution in [3.05, 3.63) is 12.3 Å². The third kappa shape index (κ3) is 3.86. The van der Waals surface area contributed by atoms with Crippen LogP contribution in [0.15, 0.2) is 12.3 Å². The summed E-state index contributed by atoms with van der Waals surface area (Å²) in [4.78, 5) is 8.57. The highest BCUT2D eigenvalue weighted by atomic mass is 16.5. The minimum atomic E-state index is 0.142. The van der Waals surface area contributed by atoms with Gasteiger partial charge in [-0.1, -0.05) is 13.3 Å². The maximum Gasteiger partial charge on any atom is 0.225 e. The average Bonchev–Trinajstić information content (AvgIpc) is 2.72. The van der Waals surface area contributed by atoms with E-state index in [9.17, 15) is 0 Å². The zero-order valence-corrected chi connectivity index (χ0v) is 11.5. The third-order valence-corrected chi connectivity index (χ3v) is 3.34. The Morgan fingerprint density at radius 2 is 2.28 bits per heavy atom. The summed E-state index contributed by atoms with van der Waals surface area (Å²) < 4.78 is 5.55. The maximum absolute atomic E-state index is 5.55. The van der Waals surface area contributed by atoms with E-state index in [2.05, 4.69) is 22.2 Å². The van der Waals surface area contributed by atoms with Crippen molar-refractivity contribution in [2.75, 3.05) is 11.9 Å². The fraction of sp³-hybridized carbons (Fsp3) is 0.714. The summed E-state index contributed by atoms with van der Waals surface area (Å²) in [5, 5.41) is 3.32. The van der Waals surface area contributed by atoms with Gasteiger partial charge in [0.05, 0.1) is 6.10 Å². The molecule has 4 nitrogen and oxygen atoms in total. The van der Waals surface area contributed by atoms with Gasteiger partial charge < -0.3 is 10.1 Å². The van der Waals surface area contributed by atoms with Gasteiger partial charge >= 0.3 is 0 Å². The summed E-state index contributed by atoms with van der Waals surface area (Å²) >= 11 is 0. The minimum absolute atomic E-state index is 0.142. The van der Waals surface area contributed by atoms with Gasteiger partial charge in [0, 0.05) is 18.8 Å². The molecule has 2 unspecified atom stereocenters. The number of rotatable bonds is 5. The summed E-state index contributed by atoms with van der Waals surface area (Å²) in [6.45, 7) is 7.29. The summed E-state index contributed by atoms with van der Waals surface area (Å²) in [6.07, 6.45) is 5.86. The van der Waals surface area contributed by atoms with Crippen LogP contribution in [0.1, 0.15) is 40.0 Å². The number of ether oxygens (including phenoxy) is 1. The second kappa shape index (κ2) is 6.03. The van der Waals surface area contributed by atoms with E-state index < -0.39 is 0 Å². The van der Waals surface area contributed by atoms with Gasteiger partial charge in [0.1, 0.15) is 0 Å². The molecule has 18 heavy (non-hydrogen) atoms. The second-order valence-corrected chi connectivity index (χ2v) is 5.55. The lowest BCUT2D eigenvalue weighted by atomic mass is 10.1. The van der Waals surface area contributed by atoms with Crippen molar-refractivity contribution in [2.24, 2.45) is 11.8 Å². The van der Waals surface area contributed by atoms with Crippen molar-refractivity contribution in [2.45, 2.75) is 46.1 Å². The molecule has 1 saturated carbocycles. The molecule has 2 atom stereocenters. The molecule has 1 aromatic rings. The molecular weight excluding hydrogens is 226 g/mol. The molecule has 0 aliphatic heterocycles. The quantitative estimate of drug-likeness (QED) is 0.871.